The number of thiocarbonyl (C=S) groups is 1. The molecule has 4 nitrogen and oxygen atoms in total. The van der Waals surface area contributed by atoms with Crippen molar-refractivity contribution in [1.82, 2.24) is 10.2 Å². The second-order valence-corrected chi connectivity index (χ2v) is 5.36. The van der Waals surface area contributed by atoms with E-state index in [0.29, 0.717) is 23.4 Å². The molecule has 1 aliphatic carbocycles. The Hall–Kier alpha value is -1.23. The maximum Gasteiger partial charge on any atom is 0.244 e. The number of rotatable bonds is 4. The quantitative estimate of drug-likeness (QED) is 0.846. The fraction of sp³-hybridized carbons (Fsp3) is 0.615. The highest BCUT2D eigenvalue weighted by Gasteiger charge is 2.19. The summed E-state index contributed by atoms with van der Waals surface area (Å²) in [6.45, 7) is 4.53. The third-order valence-electron chi connectivity index (χ3n) is 3.60. The Morgan fingerprint density at radius 3 is 2.61 bits per heavy atom. The molecular weight excluding hydrogens is 246 g/mol. The third kappa shape index (κ3) is 2.77. The molecule has 1 aromatic rings. The van der Waals surface area contributed by atoms with Gasteiger partial charge in [-0.3, -0.25) is 0 Å². The molecule has 0 atom stereocenters. The van der Waals surface area contributed by atoms with E-state index in [0.717, 1.165) is 16.8 Å². The SMILES string of the molecule is Cc1nnc(OCC2CCCC2)c(C(N)=S)c1C. The van der Waals surface area contributed by atoms with Crippen LogP contribution in [0.2, 0.25) is 0 Å². The molecule has 0 aliphatic heterocycles. The molecule has 18 heavy (non-hydrogen) atoms. The molecule has 1 heterocycles. The summed E-state index contributed by atoms with van der Waals surface area (Å²) in [6.07, 6.45) is 5.07. The number of aryl methyl sites for hydroxylation is 1. The summed E-state index contributed by atoms with van der Waals surface area (Å²) in [4.78, 5) is 0.326. The zero-order valence-electron chi connectivity index (χ0n) is 10.9. The van der Waals surface area contributed by atoms with Crippen molar-refractivity contribution < 1.29 is 4.74 Å². The molecule has 0 aromatic carbocycles. The van der Waals surface area contributed by atoms with Crippen LogP contribution in [-0.2, 0) is 0 Å². The van der Waals surface area contributed by atoms with E-state index >= 15 is 0 Å². The van der Waals surface area contributed by atoms with Crippen molar-refractivity contribution in [2.24, 2.45) is 11.7 Å². The molecule has 2 rings (SSSR count). The second kappa shape index (κ2) is 5.61. The summed E-state index contributed by atoms with van der Waals surface area (Å²) < 4.78 is 5.78. The Bertz CT molecular complexity index is 456. The molecule has 1 aliphatic rings. The molecule has 0 spiro atoms. The minimum absolute atomic E-state index is 0.326. The minimum atomic E-state index is 0.326. The molecule has 2 N–H and O–H groups in total. The minimum Gasteiger partial charge on any atom is -0.476 e. The van der Waals surface area contributed by atoms with Crippen molar-refractivity contribution in [3.63, 3.8) is 0 Å². The summed E-state index contributed by atoms with van der Waals surface area (Å²) in [5.74, 6) is 1.12. The van der Waals surface area contributed by atoms with Crippen LogP contribution >= 0.6 is 12.2 Å². The van der Waals surface area contributed by atoms with E-state index in [2.05, 4.69) is 10.2 Å². The van der Waals surface area contributed by atoms with Crippen LogP contribution in [0.3, 0.4) is 0 Å². The molecule has 5 heteroatoms. The Morgan fingerprint density at radius 2 is 2.00 bits per heavy atom. The van der Waals surface area contributed by atoms with Crippen molar-refractivity contribution in [3.05, 3.63) is 16.8 Å². The van der Waals surface area contributed by atoms with E-state index < -0.39 is 0 Å². The van der Waals surface area contributed by atoms with Crippen LogP contribution < -0.4 is 10.5 Å². The Kier molecular flexibility index (Phi) is 4.11. The number of nitrogens with zero attached hydrogens (tertiary/aromatic N) is 2. The third-order valence-corrected chi connectivity index (χ3v) is 3.80. The average molecular weight is 265 g/mol. The van der Waals surface area contributed by atoms with Gasteiger partial charge in [0.15, 0.2) is 0 Å². The molecule has 0 radical (unpaired) electrons. The van der Waals surface area contributed by atoms with E-state index in [4.69, 9.17) is 22.7 Å². The Morgan fingerprint density at radius 1 is 1.33 bits per heavy atom. The summed E-state index contributed by atoms with van der Waals surface area (Å²) >= 11 is 5.08. The summed E-state index contributed by atoms with van der Waals surface area (Å²) in [5, 5.41) is 8.16. The average Bonchev–Trinajstić information content (AvgIpc) is 2.83. The standard InChI is InChI=1S/C13H19N3OS/c1-8-9(2)15-16-13(11(8)12(14)18)17-7-10-5-3-4-6-10/h10H,3-7H2,1-2H3,(H2,14,18). The summed E-state index contributed by atoms with van der Waals surface area (Å²) in [7, 11) is 0. The predicted octanol–water partition coefficient (Wildman–Crippen LogP) is 2.30. The number of hydrogen-bond donors (Lipinski definition) is 1. The summed E-state index contributed by atoms with van der Waals surface area (Å²) in [6, 6.07) is 0. The zero-order chi connectivity index (χ0) is 13.1. The lowest BCUT2D eigenvalue weighted by atomic mass is 10.1. The maximum atomic E-state index is 5.78. The molecule has 0 saturated heterocycles. The van der Waals surface area contributed by atoms with Gasteiger partial charge in [0, 0.05) is 0 Å². The molecule has 1 aromatic heterocycles. The van der Waals surface area contributed by atoms with Gasteiger partial charge in [-0.15, -0.1) is 5.10 Å². The fourth-order valence-corrected chi connectivity index (χ4v) is 2.59. The van der Waals surface area contributed by atoms with Crippen molar-refractivity contribution in [3.8, 4) is 5.88 Å². The number of nitrogens with two attached hydrogens (primary N) is 1. The molecule has 0 unspecified atom stereocenters. The van der Waals surface area contributed by atoms with Gasteiger partial charge in [0.25, 0.3) is 0 Å². The van der Waals surface area contributed by atoms with Crippen molar-refractivity contribution in [2.75, 3.05) is 6.61 Å². The van der Waals surface area contributed by atoms with Gasteiger partial charge >= 0.3 is 0 Å². The van der Waals surface area contributed by atoms with Gasteiger partial charge in [-0.1, -0.05) is 25.1 Å². The molecular formula is C13H19N3OS. The summed E-state index contributed by atoms with van der Waals surface area (Å²) in [5.41, 5.74) is 8.28. The van der Waals surface area contributed by atoms with Crippen LogP contribution in [0, 0.1) is 19.8 Å². The zero-order valence-corrected chi connectivity index (χ0v) is 11.7. The van der Waals surface area contributed by atoms with Gasteiger partial charge in [-0.2, -0.15) is 5.10 Å². The highest BCUT2D eigenvalue weighted by atomic mass is 32.1. The topological polar surface area (TPSA) is 61.0 Å². The molecule has 0 bridgehead atoms. The molecule has 1 fully saturated rings. The van der Waals surface area contributed by atoms with E-state index in [-0.39, 0.29) is 0 Å². The molecule has 0 amide bonds. The monoisotopic (exact) mass is 265 g/mol. The van der Waals surface area contributed by atoms with E-state index in [1.165, 1.54) is 25.7 Å². The Balaban J connectivity index is 2.16. The number of hydrogen-bond acceptors (Lipinski definition) is 4. The largest absolute Gasteiger partial charge is 0.476 e. The maximum absolute atomic E-state index is 5.78. The molecule has 1 saturated carbocycles. The number of aromatic nitrogens is 2. The van der Waals surface area contributed by atoms with Gasteiger partial charge in [0.1, 0.15) is 4.99 Å². The van der Waals surface area contributed by atoms with E-state index in [1.54, 1.807) is 0 Å². The van der Waals surface area contributed by atoms with Crippen LogP contribution in [0.1, 0.15) is 42.5 Å². The van der Waals surface area contributed by atoms with Crippen LogP contribution in [0.15, 0.2) is 0 Å². The first-order valence-corrected chi connectivity index (χ1v) is 6.77. The fourth-order valence-electron chi connectivity index (χ4n) is 2.35. The van der Waals surface area contributed by atoms with Crippen LogP contribution in [0.5, 0.6) is 5.88 Å². The van der Waals surface area contributed by atoms with Crippen molar-refractivity contribution in [2.45, 2.75) is 39.5 Å². The smallest absolute Gasteiger partial charge is 0.244 e. The first kappa shape index (κ1) is 13.2. The highest BCUT2D eigenvalue weighted by Crippen LogP contribution is 2.27. The van der Waals surface area contributed by atoms with Gasteiger partial charge in [0.2, 0.25) is 5.88 Å². The van der Waals surface area contributed by atoms with Gasteiger partial charge in [-0.25, -0.2) is 0 Å². The lowest BCUT2D eigenvalue weighted by Crippen LogP contribution is -2.18. The first-order chi connectivity index (χ1) is 8.59. The van der Waals surface area contributed by atoms with Crippen LogP contribution in [0.4, 0.5) is 0 Å². The van der Waals surface area contributed by atoms with Crippen molar-refractivity contribution >= 4 is 17.2 Å². The second-order valence-electron chi connectivity index (χ2n) is 4.92. The van der Waals surface area contributed by atoms with Crippen molar-refractivity contribution in [1.29, 1.82) is 0 Å². The normalized spacial score (nSPS) is 15.9. The lowest BCUT2D eigenvalue weighted by Gasteiger charge is -2.14. The van der Waals surface area contributed by atoms with Gasteiger partial charge in [0.05, 0.1) is 17.9 Å². The molecule has 98 valence electrons. The predicted molar refractivity (Wildman–Crippen MR) is 74.8 cm³/mol. The first-order valence-electron chi connectivity index (χ1n) is 6.36. The van der Waals surface area contributed by atoms with Gasteiger partial charge < -0.3 is 10.5 Å². The van der Waals surface area contributed by atoms with Crippen LogP contribution in [-0.4, -0.2) is 21.8 Å². The highest BCUT2D eigenvalue weighted by molar-refractivity contribution is 7.80. The Labute approximate surface area is 113 Å². The van der Waals surface area contributed by atoms with E-state index in [9.17, 15) is 0 Å². The lowest BCUT2D eigenvalue weighted by molar-refractivity contribution is 0.240. The number of ether oxygens (including phenoxy) is 1. The van der Waals surface area contributed by atoms with E-state index in [1.807, 2.05) is 13.8 Å². The van der Waals surface area contributed by atoms with Crippen LogP contribution in [0.25, 0.3) is 0 Å². The van der Waals surface area contributed by atoms with Gasteiger partial charge in [-0.05, 0) is 38.2 Å².